The fourth-order valence-corrected chi connectivity index (χ4v) is 1.11. The maximum absolute atomic E-state index is 11.3. The Kier molecular flexibility index (Phi) is 2.00. The third-order valence-corrected chi connectivity index (χ3v) is 1.83. The van der Waals surface area contributed by atoms with Crippen LogP contribution in [-0.2, 0) is 9.53 Å². The van der Waals surface area contributed by atoms with Gasteiger partial charge in [0, 0.05) is 12.0 Å². The Hall–Kier alpha value is -0.830. The molecule has 62 valence electrons. The molecule has 0 aliphatic carbocycles. The number of ketones is 1. The topological polar surface area (TPSA) is 46.5 Å². The smallest absolute Gasteiger partial charge is 0.193 e. The first-order valence-electron chi connectivity index (χ1n) is 3.60. The maximum atomic E-state index is 11.3. The monoisotopic (exact) mass is 156 g/mol. The average Bonchev–Trinajstić information content (AvgIpc) is 1.95. The summed E-state index contributed by atoms with van der Waals surface area (Å²) in [6.07, 6.45) is 1.39. The van der Waals surface area contributed by atoms with Crippen molar-refractivity contribution >= 4 is 5.78 Å². The fourth-order valence-electron chi connectivity index (χ4n) is 1.11. The van der Waals surface area contributed by atoms with Crippen LogP contribution < -0.4 is 0 Å². The van der Waals surface area contributed by atoms with Gasteiger partial charge in [0.25, 0.3) is 0 Å². The quantitative estimate of drug-likeness (QED) is 0.423. The third-order valence-electron chi connectivity index (χ3n) is 1.83. The second-order valence-corrected chi connectivity index (χ2v) is 3.09. The first-order valence-corrected chi connectivity index (χ1v) is 3.60. The maximum Gasteiger partial charge on any atom is 0.193 e. The van der Waals surface area contributed by atoms with Crippen LogP contribution in [0.3, 0.4) is 0 Å². The number of ether oxygens (including phenoxy) is 1. The third kappa shape index (κ3) is 1.43. The molecule has 1 saturated heterocycles. The van der Waals surface area contributed by atoms with Crippen molar-refractivity contribution in [2.75, 3.05) is 6.61 Å². The van der Waals surface area contributed by atoms with Gasteiger partial charge >= 0.3 is 0 Å². The molecule has 1 aliphatic heterocycles. The van der Waals surface area contributed by atoms with Gasteiger partial charge in [0.15, 0.2) is 5.78 Å². The van der Waals surface area contributed by atoms with Gasteiger partial charge in [-0.15, -0.1) is 0 Å². The van der Waals surface area contributed by atoms with Gasteiger partial charge in [0.1, 0.15) is 5.60 Å². The van der Waals surface area contributed by atoms with E-state index in [2.05, 4.69) is 0 Å². The van der Waals surface area contributed by atoms with Crippen LogP contribution in [0, 0.1) is 0 Å². The Morgan fingerprint density at radius 2 is 2.27 bits per heavy atom. The molecule has 1 heterocycles. The van der Waals surface area contributed by atoms with E-state index in [0.717, 1.165) is 6.26 Å². The zero-order chi connectivity index (χ0) is 8.48. The summed E-state index contributed by atoms with van der Waals surface area (Å²) in [5, 5.41) is 8.66. The van der Waals surface area contributed by atoms with Crippen molar-refractivity contribution in [3.63, 3.8) is 0 Å². The number of Topliss-reactive ketones (excluding diaryl/α,β-unsaturated/α-hetero) is 1. The van der Waals surface area contributed by atoms with Gasteiger partial charge in [-0.3, -0.25) is 4.79 Å². The highest BCUT2D eigenvalue weighted by molar-refractivity contribution is 6.01. The van der Waals surface area contributed by atoms with Crippen LogP contribution in [0.4, 0.5) is 0 Å². The first kappa shape index (κ1) is 8.27. The molecule has 3 heteroatoms. The van der Waals surface area contributed by atoms with Gasteiger partial charge in [-0.25, -0.2) is 0 Å². The first-order chi connectivity index (χ1) is 5.08. The van der Waals surface area contributed by atoms with Crippen molar-refractivity contribution < 1.29 is 14.6 Å². The van der Waals surface area contributed by atoms with Crippen LogP contribution in [0.5, 0.6) is 0 Å². The lowest BCUT2D eigenvalue weighted by Gasteiger charge is -2.29. The molecule has 11 heavy (non-hydrogen) atoms. The zero-order valence-corrected chi connectivity index (χ0v) is 6.76. The van der Waals surface area contributed by atoms with E-state index in [1.165, 1.54) is 0 Å². The Morgan fingerprint density at radius 1 is 1.64 bits per heavy atom. The molecule has 1 N–H and O–H groups in total. The molecule has 1 aliphatic rings. The largest absolute Gasteiger partial charge is 0.515 e. The SMILES string of the molecule is CC1(C)OCCC(=CO)C1=O. The molecule has 0 atom stereocenters. The number of aliphatic hydroxyl groups is 1. The Labute approximate surface area is 65.7 Å². The molecule has 0 spiro atoms. The Balaban J connectivity index is 2.85. The molecule has 0 aromatic heterocycles. The fraction of sp³-hybridized carbons (Fsp3) is 0.625. The predicted octanol–water partition coefficient (Wildman–Crippen LogP) is 1.20. The van der Waals surface area contributed by atoms with Crippen LogP contribution in [0.1, 0.15) is 20.3 Å². The summed E-state index contributed by atoms with van der Waals surface area (Å²) in [5.74, 6) is -0.119. The van der Waals surface area contributed by atoms with Crippen molar-refractivity contribution in [1.82, 2.24) is 0 Å². The summed E-state index contributed by atoms with van der Waals surface area (Å²) in [6, 6.07) is 0. The van der Waals surface area contributed by atoms with E-state index in [9.17, 15) is 4.79 Å². The predicted molar refractivity (Wildman–Crippen MR) is 40.4 cm³/mol. The van der Waals surface area contributed by atoms with E-state index in [1.54, 1.807) is 13.8 Å². The highest BCUT2D eigenvalue weighted by Crippen LogP contribution is 2.23. The summed E-state index contributed by atoms with van der Waals surface area (Å²) in [5.41, 5.74) is -0.298. The minimum atomic E-state index is -0.757. The normalized spacial score (nSPS) is 27.5. The zero-order valence-electron chi connectivity index (χ0n) is 6.76. The summed E-state index contributed by atoms with van der Waals surface area (Å²) in [7, 11) is 0. The average molecular weight is 156 g/mol. The number of aliphatic hydroxyl groups excluding tert-OH is 1. The van der Waals surface area contributed by atoms with E-state index < -0.39 is 5.60 Å². The highest BCUT2D eigenvalue weighted by Gasteiger charge is 2.34. The lowest BCUT2D eigenvalue weighted by molar-refractivity contribution is -0.140. The number of hydrogen-bond acceptors (Lipinski definition) is 3. The van der Waals surface area contributed by atoms with Crippen molar-refractivity contribution in [2.45, 2.75) is 25.9 Å². The van der Waals surface area contributed by atoms with Crippen molar-refractivity contribution in [1.29, 1.82) is 0 Å². The lowest BCUT2D eigenvalue weighted by atomic mass is 9.93. The number of carbonyl (C=O) groups is 1. The molecule has 3 nitrogen and oxygen atoms in total. The van der Waals surface area contributed by atoms with Crippen LogP contribution in [-0.4, -0.2) is 23.1 Å². The second kappa shape index (κ2) is 2.66. The molecule has 1 rings (SSSR count). The minimum absolute atomic E-state index is 0.119. The molecule has 0 amide bonds. The van der Waals surface area contributed by atoms with Gasteiger partial charge in [-0.1, -0.05) is 0 Å². The van der Waals surface area contributed by atoms with E-state index in [1.807, 2.05) is 0 Å². The van der Waals surface area contributed by atoms with Crippen molar-refractivity contribution in [3.8, 4) is 0 Å². The second-order valence-electron chi connectivity index (χ2n) is 3.09. The molecular weight excluding hydrogens is 144 g/mol. The minimum Gasteiger partial charge on any atom is -0.515 e. The summed E-state index contributed by atoms with van der Waals surface area (Å²) in [4.78, 5) is 11.3. The molecule has 0 radical (unpaired) electrons. The van der Waals surface area contributed by atoms with Gasteiger partial charge < -0.3 is 9.84 Å². The van der Waals surface area contributed by atoms with Crippen LogP contribution in [0.2, 0.25) is 0 Å². The van der Waals surface area contributed by atoms with Crippen LogP contribution in [0.25, 0.3) is 0 Å². The van der Waals surface area contributed by atoms with Gasteiger partial charge in [-0.05, 0) is 13.8 Å². The molecular formula is C8H12O3. The number of rotatable bonds is 0. The molecule has 0 bridgehead atoms. The van der Waals surface area contributed by atoms with Crippen LogP contribution >= 0.6 is 0 Å². The summed E-state index contributed by atoms with van der Waals surface area (Å²) >= 11 is 0. The molecule has 0 saturated carbocycles. The molecule has 0 unspecified atom stereocenters. The molecule has 1 fully saturated rings. The molecule has 0 aromatic carbocycles. The van der Waals surface area contributed by atoms with Gasteiger partial charge in [-0.2, -0.15) is 0 Å². The lowest BCUT2D eigenvalue weighted by Crippen LogP contribution is -2.40. The van der Waals surface area contributed by atoms with Crippen molar-refractivity contribution in [2.24, 2.45) is 0 Å². The van der Waals surface area contributed by atoms with E-state index in [0.29, 0.717) is 18.6 Å². The Morgan fingerprint density at radius 3 is 2.73 bits per heavy atom. The summed E-state index contributed by atoms with van der Waals surface area (Å²) in [6.45, 7) is 3.92. The van der Waals surface area contributed by atoms with Crippen molar-refractivity contribution in [3.05, 3.63) is 11.8 Å². The number of hydrogen-bond donors (Lipinski definition) is 1. The molecule has 0 aromatic rings. The summed E-state index contributed by atoms with van der Waals surface area (Å²) < 4.78 is 5.21. The van der Waals surface area contributed by atoms with E-state index in [-0.39, 0.29) is 5.78 Å². The standard InChI is InChI=1S/C8H12O3/c1-8(2)7(10)6(5-9)3-4-11-8/h5,9H,3-4H2,1-2H3. The Bertz CT molecular complexity index is 203. The van der Waals surface area contributed by atoms with Gasteiger partial charge in [0.2, 0.25) is 0 Å². The van der Waals surface area contributed by atoms with Crippen LogP contribution in [0.15, 0.2) is 11.8 Å². The van der Waals surface area contributed by atoms with E-state index in [4.69, 9.17) is 9.84 Å². The highest BCUT2D eigenvalue weighted by atomic mass is 16.5. The number of carbonyl (C=O) groups excluding carboxylic acids is 1. The van der Waals surface area contributed by atoms with E-state index >= 15 is 0 Å². The van der Waals surface area contributed by atoms with Gasteiger partial charge in [0.05, 0.1) is 12.9 Å².